The maximum atomic E-state index is 13.3. The molecular formula is C27H28N4O4. The van der Waals surface area contributed by atoms with Gasteiger partial charge in [0.25, 0.3) is 5.91 Å². The lowest BCUT2D eigenvalue weighted by Crippen LogP contribution is -2.46. The number of carbonyl (C=O) groups is 2. The van der Waals surface area contributed by atoms with Crippen LogP contribution in [0.2, 0.25) is 0 Å². The molecule has 180 valence electrons. The van der Waals surface area contributed by atoms with Crippen LogP contribution in [0.4, 0.5) is 0 Å². The summed E-state index contributed by atoms with van der Waals surface area (Å²) in [4.78, 5) is 30.3. The van der Waals surface area contributed by atoms with Crippen molar-refractivity contribution in [3.05, 3.63) is 89.7 Å². The molecule has 0 spiro atoms. The number of hydrogen-bond acceptors (Lipinski definition) is 6. The van der Waals surface area contributed by atoms with Crippen LogP contribution in [0.5, 0.6) is 11.5 Å². The number of ether oxygens (including phenoxy) is 2. The fourth-order valence-electron chi connectivity index (χ4n) is 4.11. The van der Waals surface area contributed by atoms with Gasteiger partial charge in [0.05, 0.1) is 19.9 Å². The molecular weight excluding hydrogens is 444 g/mol. The van der Waals surface area contributed by atoms with Gasteiger partial charge in [0.2, 0.25) is 5.91 Å². The van der Waals surface area contributed by atoms with Crippen molar-refractivity contribution < 1.29 is 19.1 Å². The molecule has 2 heterocycles. The minimum absolute atomic E-state index is 0.0656. The fourth-order valence-corrected chi connectivity index (χ4v) is 4.11. The number of hydrogen-bond donors (Lipinski definition) is 1. The number of pyridine rings is 1. The summed E-state index contributed by atoms with van der Waals surface area (Å²) in [6.07, 6.45) is 3.34. The Morgan fingerprint density at radius 3 is 2.43 bits per heavy atom. The third kappa shape index (κ3) is 5.16. The van der Waals surface area contributed by atoms with Gasteiger partial charge in [-0.25, -0.2) is 5.01 Å². The predicted molar refractivity (Wildman–Crippen MR) is 132 cm³/mol. The van der Waals surface area contributed by atoms with Crippen LogP contribution in [0.1, 0.15) is 47.4 Å². The van der Waals surface area contributed by atoms with Gasteiger partial charge in [-0.1, -0.05) is 37.3 Å². The summed E-state index contributed by atoms with van der Waals surface area (Å²) in [6, 6.07) is 18.2. The van der Waals surface area contributed by atoms with E-state index in [0.717, 1.165) is 23.3 Å². The number of methoxy groups -OCH3 is 2. The summed E-state index contributed by atoms with van der Waals surface area (Å²) in [6.45, 7) is 2.03. The number of nitrogens with one attached hydrogen (secondary N) is 1. The third-order valence-corrected chi connectivity index (χ3v) is 6.02. The van der Waals surface area contributed by atoms with E-state index >= 15 is 0 Å². The fraction of sp³-hybridized carbons (Fsp3) is 0.259. The van der Waals surface area contributed by atoms with Gasteiger partial charge < -0.3 is 14.8 Å². The number of hydrazone groups is 1. The van der Waals surface area contributed by atoms with Crippen LogP contribution < -0.4 is 14.8 Å². The molecule has 1 N–H and O–H groups in total. The quantitative estimate of drug-likeness (QED) is 0.531. The Labute approximate surface area is 204 Å². The van der Waals surface area contributed by atoms with E-state index in [4.69, 9.17) is 14.6 Å². The molecule has 2 atom stereocenters. The lowest BCUT2D eigenvalue weighted by molar-refractivity contribution is -0.135. The molecule has 8 heteroatoms. The van der Waals surface area contributed by atoms with Gasteiger partial charge in [-0.05, 0) is 42.3 Å². The lowest BCUT2D eigenvalue weighted by Gasteiger charge is -2.35. The second kappa shape index (κ2) is 10.8. The molecule has 1 aliphatic rings. The van der Waals surface area contributed by atoms with Gasteiger partial charge in [-0.3, -0.25) is 14.6 Å². The van der Waals surface area contributed by atoms with Crippen molar-refractivity contribution >= 4 is 17.5 Å². The molecule has 4 rings (SSSR count). The van der Waals surface area contributed by atoms with Gasteiger partial charge >= 0.3 is 0 Å². The van der Waals surface area contributed by atoms with Crippen molar-refractivity contribution in [2.24, 2.45) is 11.0 Å². The van der Waals surface area contributed by atoms with Crippen molar-refractivity contribution in [1.82, 2.24) is 15.3 Å². The van der Waals surface area contributed by atoms with Gasteiger partial charge in [-0.2, -0.15) is 5.10 Å². The monoisotopic (exact) mass is 472 g/mol. The number of carbonyl (C=O) groups excluding carboxylic acids is 2. The second-order valence-electron chi connectivity index (χ2n) is 8.13. The van der Waals surface area contributed by atoms with Gasteiger partial charge in [0.1, 0.15) is 0 Å². The van der Waals surface area contributed by atoms with Gasteiger partial charge in [0, 0.05) is 35.9 Å². The molecule has 1 aliphatic heterocycles. The van der Waals surface area contributed by atoms with Crippen LogP contribution in [0.3, 0.4) is 0 Å². The Hall–Kier alpha value is -4.20. The van der Waals surface area contributed by atoms with Crippen LogP contribution in [0.15, 0.2) is 78.2 Å². The first-order chi connectivity index (χ1) is 17.0. The Morgan fingerprint density at radius 1 is 1.06 bits per heavy atom. The topological polar surface area (TPSA) is 93.1 Å². The minimum atomic E-state index is -0.780. The molecule has 2 unspecified atom stereocenters. The molecule has 0 aliphatic carbocycles. The highest BCUT2D eigenvalue weighted by Gasteiger charge is 2.35. The van der Waals surface area contributed by atoms with E-state index < -0.39 is 6.17 Å². The van der Waals surface area contributed by atoms with Crippen molar-refractivity contribution in [2.45, 2.75) is 25.9 Å². The Morgan fingerprint density at radius 2 is 1.77 bits per heavy atom. The number of amides is 2. The van der Waals surface area contributed by atoms with Crippen LogP contribution in [-0.2, 0) is 4.79 Å². The summed E-state index contributed by atoms with van der Waals surface area (Å²) in [5, 5.41) is 9.18. The maximum Gasteiger partial charge on any atom is 0.253 e. The van der Waals surface area contributed by atoms with E-state index in [2.05, 4.69) is 10.3 Å². The molecule has 8 nitrogen and oxygen atoms in total. The number of benzene rings is 2. The van der Waals surface area contributed by atoms with Crippen LogP contribution in [0, 0.1) is 5.92 Å². The zero-order valence-corrected chi connectivity index (χ0v) is 20.0. The lowest BCUT2D eigenvalue weighted by atomic mass is 9.89. The molecule has 0 saturated carbocycles. The Bertz CT molecular complexity index is 1210. The first-order valence-electron chi connectivity index (χ1n) is 11.4. The highest BCUT2D eigenvalue weighted by Crippen LogP contribution is 2.33. The van der Waals surface area contributed by atoms with E-state index in [-0.39, 0.29) is 24.2 Å². The molecule has 0 saturated heterocycles. The van der Waals surface area contributed by atoms with Gasteiger partial charge in [0.15, 0.2) is 17.7 Å². The number of rotatable bonds is 8. The van der Waals surface area contributed by atoms with E-state index in [0.29, 0.717) is 17.1 Å². The van der Waals surface area contributed by atoms with Crippen molar-refractivity contribution in [1.29, 1.82) is 0 Å². The molecule has 0 bridgehead atoms. The molecule has 2 amide bonds. The molecule has 0 radical (unpaired) electrons. The van der Waals surface area contributed by atoms with E-state index in [1.165, 1.54) is 5.01 Å². The Kier molecular flexibility index (Phi) is 7.40. The van der Waals surface area contributed by atoms with E-state index in [1.807, 2.05) is 55.5 Å². The van der Waals surface area contributed by atoms with E-state index in [9.17, 15) is 9.59 Å². The SMILES string of the molecule is CCC1CC(=O)N(C(NC(=O)c2ccncc2)c2ccccc2)N=C1c1ccc(OC)c(OC)c1. The average molecular weight is 473 g/mol. The van der Waals surface area contributed by atoms with Crippen molar-refractivity contribution in [3.8, 4) is 11.5 Å². The average Bonchev–Trinajstić information content (AvgIpc) is 2.92. The predicted octanol–water partition coefficient (Wildman–Crippen LogP) is 4.19. The largest absolute Gasteiger partial charge is 0.493 e. The van der Waals surface area contributed by atoms with Crippen LogP contribution in [0.25, 0.3) is 0 Å². The zero-order chi connectivity index (χ0) is 24.8. The van der Waals surface area contributed by atoms with Crippen LogP contribution in [-0.4, -0.2) is 41.7 Å². The summed E-state index contributed by atoms with van der Waals surface area (Å²) >= 11 is 0. The highest BCUT2D eigenvalue weighted by molar-refractivity contribution is 6.06. The zero-order valence-electron chi connectivity index (χ0n) is 20.0. The highest BCUT2D eigenvalue weighted by atomic mass is 16.5. The molecule has 35 heavy (non-hydrogen) atoms. The Balaban J connectivity index is 1.77. The summed E-state index contributed by atoms with van der Waals surface area (Å²) in [5.74, 6) is 0.640. The molecule has 1 aromatic heterocycles. The van der Waals surface area contributed by atoms with Crippen LogP contribution >= 0.6 is 0 Å². The standard InChI is InChI=1S/C27H28N4O4/c1-4-18-17-24(32)31(30-25(18)21-10-11-22(34-2)23(16-21)35-3)26(19-8-6-5-7-9-19)29-27(33)20-12-14-28-15-13-20/h5-16,18,26H,4,17H2,1-3H3,(H,29,33). The van der Waals surface area contributed by atoms with Gasteiger partial charge in [-0.15, -0.1) is 0 Å². The van der Waals surface area contributed by atoms with Crippen molar-refractivity contribution in [3.63, 3.8) is 0 Å². The molecule has 0 fully saturated rings. The first kappa shape index (κ1) is 23.9. The summed E-state index contributed by atoms with van der Waals surface area (Å²) in [5.41, 5.74) is 2.78. The van der Waals surface area contributed by atoms with Crippen molar-refractivity contribution in [2.75, 3.05) is 14.2 Å². The molecule has 2 aromatic carbocycles. The first-order valence-corrected chi connectivity index (χ1v) is 11.4. The number of aromatic nitrogens is 1. The normalized spacial score (nSPS) is 16.3. The minimum Gasteiger partial charge on any atom is -0.493 e. The van der Waals surface area contributed by atoms with E-state index in [1.54, 1.807) is 38.7 Å². The number of nitrogens with zero attached hydrogens (tertiary/aromatic N) is 3. The second-order valence-corrected chi connectivity index (χ2v) is 8.13. The summed E-state index contributed by atoms with van der Waals surface area (Å²) < 4.78 is 10.9. The summed E-state index contributed by atoms with van der Waals surface area (Å²) in [7, 11) is 3.17. The smallest absolute Gasteiger partial charge is 0.253 e. The maximum absolute atomic E-state index is 13.3. The molecule has 3 aromatic rings. The third-order valence-electron chi connectivity index (χ3n) is 6.02.